The first kappa shape index (κ1) is 13.7. The molecule has 4 heteroatoms. The van der Waals surface area contributed by atoms with Crippen LogP contribution in [-0.2, 0) is 4.74 Å². The van der Waals surface area contributed by atoms with Crippen LogP contribution in [0.2, 0.25) is 0 Å². The monoisotopic (exact) mass is 234 g/mol. The van der Waals surface area contributed by atoms with Crippen molar-refractivity contribution in [2.24, 2.45) is 0 Å². The van der Waals surface area contributed by atoms with Crippen LogP contribution in [-0.4, -0.2) is 31.5 Å². The van der Waals surface area contributed by atoms with E-state index in [0.717, 1.165) is 12.1 Å². The van der Waals surface area contributed by atoms with E-state index in [9.17, 15) is 0 Å². The van der Waals surface area contributed by atoms with Gasteiger partial charge >= 0.3 is 0 Å². The lowest BCUT2D eigenvalue weighted by atomic mass is 10.1. The zero-order chi connectivity index (χ0) is 12.5. The Labute approximate surface area is 102 Å². The highest BCUT2D eigenvalue weighted by Crippen LogP contribution is 2.12. The van der Waals surface area contributed by atoms with Crippen molar-refractivity contribution in [3.05, 3.63) is 35.4 Å². The summed E-state index contributed by atoms with van der Waals surface area (Å²) >= 11 is 0. The number of benzene rings is 1. The molecule has 1 aromatic rings. The summed E-state index contributed by atoms with van der Waals surface area (Å²) in [7, 11) is 0. The summed E-state index contributed by atoms with van der Waals surface area (Å²) in [6.07, 6.45) is 0. The van der Waals surface area contributed by atoms with E-state index in [0.29, 0.717) is 18.8 Å². The van der Waals surface area contributed by atoms with Gasteiger partial charge in [0.15, 0.2) is 0 Å². The molecule has 0 saturated carbocycles. The van der Waals surface area contributed by atoms with Gasteiger partial charge in [0, 0.05) is 12.6 Å². The molecule has 17 heavy (non-hydrogen) atoms. The zero-order valence-electron chi connectivity index (χ0n) is 10.0. The van der Waals surface area contributed by atoms with E-state index in [1.165, 1.54) is 0 Å². The molecule has 0 heterocycles. The van der Waals surface area contributed by atoms with E-state index in [2.05, 4.69) is 18.3 Å². The minimum Gasteiger partial charge on any atom is -0.394 e. The third-order valence-corrected chi connectivity index (χ3v) is 2.47. The number of rotatable bonds is 7. The van der Waals surface area contributed by atoms with Gasteiger partial charge in [0.05, 0.1) is 31.5 Å². The number of hydrogen-bond donors (Lipinski definition) is 2. The van der Waals surface area contributed by atoms with E-state index in [1.807, 2.05) is 24.3 Å². The highest BCUT2D eigenvalue weighted by Gasteiger charge is 2.03. The molecule has 0 aliphatic heterocycles. The number of aliphatic hydroxyl groups excluding tert-OH is 1. The van der Waals surface area contributed by atoms with Gasteiger partial charge in [-0.3, -0.25) is 0 Å². The van der Waals surface area contributed by atoms with Gasteiger partial charge in [0.2, 0.25) is 0 Å². The molecule has 1 rings (SSSR count). The van der Waals surface area contributed by atoms with Crippen LogP contribution in [0.25, 0.3) is 0 Å². The van der Waals surface area contributed by atoms with Crippen LogP contribution in [0.3, 0.4) is 0 Å². The Morgan fingerprint density at radius 1 is 1.35 bits per heavy atom. The molecule has 0 saturated heterocycles. The van der Waals surface area contributed by atoms with Gasteiger partial charge in [-0.1, -0.05) is 12.1 Å². The van der Waals surface area contributed by atoms with Crippen molar-refractivity contribution in [3.63, 3.8) is 0 Å². The molecule has 0 aliphatic carbocycles. The Kier molecular flexibility index (Phi) is 6.26. The lowest BCUT2D eigenvalue weighted by Crippen LogP contribution is -2.23. The average molecular weight is 234 g/mol. The maximum absolute atomic E-state index is 8.69. The molecule has 0 radical (unpaired) electrons. The third-order valence-electron chi connectivity index (χ3n) is 2.47. The Morgan fingerprint density at radius 2 is 2.06 bits per heavy atom. The SMILES string of the molecule is CC(NCCOCCO)c1ccc(C#N)cc1. The van der Waals surface area contributed by atoms with E-state index >= 15 is 0 Å². The molecule has 0 spiro atoms. The van der Waals surface area contributed by atoms with E-state index in [4.69, 9.17) is 15.1 Å². The number of nitriles is 1. The van der Waals surface area contributed by atoms with Crippen LogP contribution >= 0.6 is 0 Å². The van der Waals surface area contributed by atoms with Crippen molar-refractivity contribution in [1.29, 1.82) is 5.26 Å². The van der Waals surface area contributed by atoms with Crippen molar-refractivity contribution in [1.82, 2.24) is 5.32 Å². The predicted molar refractivity (Wildman–Crippen MR) is 65.5 cm³/mol. The van der Waals surface area contributed by atoms with Gasteiger partial charge in [-0.05, 0) is 24.6 Å². The standard InChI is InChI=1S/C13H18N2O2/c1-11(15-6-8-17-9-7-16)13-4-2-12(10-14)3-5-13/h2-5,11,15-16H,6-9H2,1H3. The first-order chi connectivity index (χ1) is 8.27. The summed E-state index contributed by atoms with van der Waals surface area (Å²) in [4.78, 5) is 0. The minimum atomic E-state index is 0.0607. The van der Waals surface area contributed by atoms with Gasteiger partial charge < -0.3 is 15.2 Å². The molecule has 4 nitrogen and oxygen atoms in total. The normalized spacial score (nSPS) is 12.1. The molecule has 1 aromatic carbocycles. The molecule has 92 valence electrons. The highest BCUT2D eigenvalue weighted by atomic mass is 16.5. The minimum absolute atomic E-state index is 0.0607. The number of nitrogens with one attached hydrogen (secondary N) is 1. The quantitative estimate of drug-likeness (QED) is 0.696. The Morgan fingerprint density at radius 3 is 2.65 bits per heavy atom. The summed E-state index contributed by atoms with van der Waals surface area (Å²) in [6, 6.07) is 9.85. The summed E-state index contributed by atoms with van der Waals surface area (Å²) in [5, 5.41) is 20.5. The fourth-order valence-corrected chi connectivity index (χ4v) is 1.48. The predicted octanol–water partition coefficient (Wildman–Crippen LogP) is 1.22. The van der Waals surface area contributed by atoms with Gasteiger partial charge in [-0.15, -0.1) is 0 Å². The molecular weight excluding hydrogens is 216 g/mol. The number of hydrogen-bond acceptors (Lipinski definition) is 4. The summed E-state index contributed by atoms with van der Waals surface area (Å²) < 4.78 is 5.15. The molecule has 0 bridgehead atoms. The first-order valence-electron chi connectivity index (χ1n) is 5.70. The van der Waals surface area contributed by atoms with Crippen LogP contribution in [0.4, 0.5) is 0 Å². The second kappa shape index (κ2) is 7.80. The third kappa shape index (κ3) is 4.96. The second-order valence-corrected chi connectivity index (χ2v) is 3.75. The summed E-state index contributed by atoms with van der Waals surface area (Å²) in [6.45, 7) is 3.83. The van der Waals surface area contributed by atoms with Gasteiger partial charge in [-0.2, -0.15) is 5.26 Å². The Hall–Kier alpha value is -1.41. The lowest BCUT2D eigenvalue weighted by Gasteiger charge is -2.14. The molecular formula is C13H18N2O2. The largest absolute Gasteiger partial charge is 0.394 e. The molecule has 0 amide bonds. The van der Waals surface area contributed by atoms with Crippen molar-refractivity contribution >= 4 is 0 Å². The maximum atomic E-state index is 8.69. The zero-order valence-corrected chi connectivity index (χ0v) is 10.0. The number of ether oxygens (including phenoxy) is 1. The fourth-order valence-electron chi connectivity index (χ4n) is 1.48. The van der Waals surface area contributed by atoms with Crippen molar-refractivity contribution in [2.75, 3.05) is 26.4 Å². The average Bonchev–Trinajstić information content (AvgIpc) is 2.38. The van der Waals surface area contributed by atoms with Crippen molar-refractivity contribution in [3.8, 4) is 6.07 Å². The van der Waals surface area contributed by atoms with Crippen LogP contribution in [0, 0.1) is 11.3 Å². The molecule has 0 aromatic heterocycles. The molecule has 0 aliphatic rings. The van der Waals surface area contributed by atoms with Crippen molar-refractivity contribution in [2.45, 2.75) is 13.0 Å². The number of nitrogens with zero attached hydrogens (tertiary/aromatic N) is 1. The van der Waals surface area contributed by atoms with Gasteiger partial charge in [-0.25, -0.2) is 0 Å². The lowest BCUT2D eigenvalue weighted by molar-refractivity contribution is 0.0928. The van der Waals surface area contributed by atoms with Crippen LogP contribution in [0.15, 0.2) is 24.3 Å². The maximum Gasteiger partial charge on any atom is 0.0991 e. The highest BCUT2D eigenvalue weighted by molar-refractivity contribution is 5.32. The van der Waals surface area contributed by atoms with Gasteiger partial charge in [0.25, 0.3) is 0 Å². The van der Waals surface area contributed by atoms with Crippen LogP contribution < -0.4 is 5.32 Å². The smallest absolute Gasteiger partial charge is 0.0991 e. The first-order valence-corrected chi connectivity index (χ1v) is 5.70. The Balaban J connectivity index is 2.31. The topological polar surface area (TPSA) is 65.3 Å². The van der Waals surface area contributed by atoms with Crippen LogP contribution in [0.5, 0.6) is 0 Å². The second-order valence-electron chi connectivity index (χ2n) is 3.75. The van der Waals surface area contributed by atoms with Crippen LogP contribution in [0.1, 0.15) is 24.1 Å². The molecule has 1 unspecified atom stereocenters. The van der Waals surface area contributed by atoms with E-state index in [-0.39, 0.29) is 12.6 Å². The van der Waals surface area contributed by atoms with E-state index in [1.54, 1.807) is 0 Å². The molecule has 0 fully saturated rings. The number of aliphatic hydroxyl groups is 1. The molecule has 2 N–H and O–H groups in total. The van der Waals surface area contributed by atoms with E-state index < -0.39 is 0 Å². The molecule has 1 atom stereocenters. The Bertz CT molecular complexity index is 357. The summed E-state index contributed by atoms with van der Waals surface area (Å²) in [5.74, 6) is 0. The fraction of sp³-hybridized carbons (Fsp3) is 0.462. The summed E-state index contributed by atoms with van der Waals surface area (Å²) in [5.41, 5.74) is 1.82. The van der Waals surface area contributed by atoms with Gasteiger partial charge in [0.1, 0.15) is 0 Å². The van der Waals surface area contributed by atoms with Crippen molar-refractivity contribution < 1.29 is 9.84 Å².